The van der Waals surface area contributed by atoms with Crippen molar-refractivity contribution in [3.05, 3.63) is 30.1 Å². The summed E-state index contributed by atoms with van der Waals surface area (Å²) in [5.41, 5.74) is 7.45. The summed E-state index contributed by atoms with van der Waals surface area (Å²) < 4.78 is 2.16. The molecule has 3 N–H and O–H groups in total. The Morgan fingerprint density at radius 1 is 1.30 bits per heavy atom. The van der Waals surface area contributed by atoms with Crippen LogP contribution in [-0.2, 0) is 11.3 Å². The molecule has 1 aromatic carbocycles. The predicted octanol–water partition coefficient (Wildman–Crippen LogP) is 3.00. The molecule has 1 atom stereocenters. The van der Waals surface area contributed by atoms with Crippen LogP contribution in [0.4, 0.5) is 0 Å². The Balaban J connectivity index is 2.30. The maximum atomic E-state index is 12.7. The van der Waals surface area contributed by atoms with Crippen LogP contribution in [0.5, 0.6) is 0 Å². The number of hydrogen-bond donors (Lipinski definition) is 2. The fourth-order valence-corrected chi connectivity index (χ4v) is 3.12. The van der Waals surface area contributed by atoms with Gasteiger partial charge in [0, 0.05) is 13.1 Å². The lowest BCUT2D eigenvalue weighted by molar-refractivity contribution is -0.131. The number of imidazole rings is 1. The molecule has 5 nitrogen and oxygen atoms in total. The Morgan fingerprint density at radius 2 is 1.96 bits per heavy atom. The Kier molecular flexibility index (Phi) is 5.42. The highest BCUT2D eigenvalue weighted by Gasteiger charge is 2.34. The van der Waals surface area contributed by atoms with Crippen molar-refractivity contribution >= 4 is 16.9 Å². The summed E-state index contributed by atoms with van der Waals surface area (Å²) in [5, 5.41) is 3.12. The van der Waals surface area contributed by atoms with Gasteiger partial charge < -0.3 is 15.6 Å². The van der Waals surface area contributed by atoms with Crippen molar-refractivity contribution in [3.63, 3.8) is 0 Å². The highest BCUT2D eigenvalue weighted by Crippen LogP contribution is 2.27. The number of fused-ring (bicyclic) bond motifs is 1. The Morgan fingerprint density at radius 3 is 2.52 bits per heavy atom. The number of aryl methyl sites for hydroxylation is 1. The molecule has 1 unspecified atom stereocenters. The molecule has 0 radical (unpaired) electrons. The lowest BCUT2D eigenvalue weighted by Crippen LogP contribution is -2.46. The third-order valence-electron chi connectivity index (χ3n) is 4.96. The molecule has 2 aromatic rings. The van der Waals surface area contributed by atoms with E-state index in [-0.39, 0.29) is 11.9 Å². The normalized spacial score (nSPS) is 13.3. The molecule has 0 aliphatic rings. The van der Waals surface area contributed by atoms with Crippen molar-refractivity contribution in [2.24, 2.45) is 11.1 Å². The molecule has 0 saturated heterocycles. The number of aromatic nitrogens is 2. The number of nitrogens with zero attached hydrogens (tertiary/aromatic N) is 2. The van der Waals surface area contributed by atoms with Crippen molar-refractivity contribution in [1.82, 2.24) is 14.9 Å². The van der Waals surface area contributed by atoms with Crippen molar-refractivity contribution in [3.8, 4) is 0 Å². The standard InChI is InChI=1S/C18H28N4O/c1-5-18(6-2,12-19)17(23)20-13(4)16-21-14-10-8-9-11-15(14)22(16)7-3/h8-11,13H,5-7,12,19H2,1-4H3,(H,20,23). The zero-order valence-electron chi connectivity index (χ0n) is 14.6. The van der Waals surface area contributed by atoms with Gasteiger partial charge in [0.1, 0.15) is 5.82 Å². The van der Waals surface area contributed by atoms with Gasteiger partial charge in [-0.15, -0.1) is 0 Å². The molecule has 0 bridgehead atoms. The maximum absolute atomic E-state index is 12.7. The van der Waals surface area contributed by atoms with E-state index in [1.54, 1.807) is 0 Å². The van der Waals surface area contributed by atoms with E-state index in [1.165, 1.54) is 0 Å². The molecule has 2 rings (SSSR count). The van der Waals surface area contributed by atoms with E-state index in [0.717, 1.165) is 36.2 Å². The van der Waals surface area contributed by atoms with E-state index >= 15 is 0 Å². The van der Waals surface area contributed by atoms with Crippen LogP contribution in [0.1, 0.15) is 52.4 Å². The highest BCUT2D eigenvalue weighted by atomic mass is 16.2. The number of hydrogen-bond acceptors (Lipinski definition) is 3. The number of carbonyl (C=O) groups excluding carboxylic acids is 1. The smallest absolute Gasteiger partial charge is 0.228 e. The number of nitrogens with two attached hydrogens (primary N) is 1. The maximum Gasteiger partial charge on any atom is 0.228 e. The van der Waals surface area contributed by atoms with Gasteiger partial charge in [0.2, 0.25) is 5.91 Å². The van der Waals surface area contributed by atoms with Crippen LogP contribution in [0.15, 0.2) is 24.3 Å². The van der Waals surface area contributed by atoms with Gasteiger partial charge in [0.15, 0.2) is 0 Å². The van der Waals surface area contributed by atoms with E-state index in [4.69, 9.17) is 10.7 Å². The molecule has 0 fully saturated rings. The van der Waals surface area contributed by atoms with Gasteiger partial charge in [-0.1, -0.05) is 26.0 Å². The number of carbonyl (C=O) groups is 1. The van der Waals surface area contributed by atoms with Crippen LogP contribution in [0.25, 0.3) is 11.0 Å². The first-order valence-electron chi connectivity index (χ1n) is 8.49. The van der Waals surface area contributed by atoms with Crippen LogP contribution in [0.2, 0.25) is 0 Å². The average Bonchev–Trinajstić information content (AvgIpc) is 2.95. The number of nitrogens with one attached hydrogen (secondary N) is 1. The van der Waals surface area contributed by atoms with Crippen LogP contribution >= 0.6 is 0 Å². The van der Waals surface area contributed by atoms with Crippen LogP contribution in [0, 0.1) is 5.41 Å². The lowest BCUT2D eigenvalue weighted by atomic mass is 9.81. The van der Waals surface area contributed by atoms with E-state index in [2.05, 4.69) is 22.9 Å². The van der Waals surface area contributed by atoms with Crippen LogP contribution in [0.3, 0.4) is 0 Å². The summed E-state index contributed by atoms with van der Waals surface area (Å²) in [7, 11) is 0. The zero-order chi connectivity index (χ0) is 17.0. The SMILES string of the molecule is CCn1c(C(C)NC(=O)C(CC)(CC)CN)nc2ccccc21. The monoisotopic (exact) mass is 316 g/mol. The van der Waals surface area contributed by atoms with Crippen molar-refractivity contribution in [1.29, 1.82) is 0 Å². The molecule has 5 heteroatoms. The van der Waals surface area contributed by atoms with Crippen molar-refractivity contribution in [2.45, 2.75) is 53.1 Å². The molecule has 126 valence electrons. The minimum Gasteiger partial charge on any atom is -0.346 e. The van der Waals surface area contributed by atoms with E-state index in [0.29, 0.717) is 6.54 Å². The number of benzene rings is 1. The first kappa shape index (κ1) is 17.5. The summed E-state index contributed by atoms with van der Waals surface area (Å²) in [6.45, 7) is 9.29. The number of para-hydroxylation sites is 2. The largest absolute Gasteiger partial charge is 0.346 e. The minimum atomic E-state index is -0.489. The second-order valence-corrected chi connectivity index (χ2v) is 6.09. The van der Waals surface area contributed by atoms with Gasteiger partial charge in [0.05, 0.1) is 22.5 Å². The Bertz CT molecular complexity index is 664. The second kappa shape index (κ2) is 7.13. The van der Waals surface area contributed by atoms with Crippen molar-refractivity contribution < 1.29 is 4.79 Å². The lowest BCUT2D eigenvalue weighted by Gasteiger charge is -2.30. The van der Waals surface area contributed by atoms with E-state index < -0.39 is 5.41 Å². The fourth-order valence-electron chi connectivity index (χ4n) is 3.12. The van der Waals surface area contributed by atoms with Gasteiger partial charge in [-0.2, -0.15) is 0 Å². The topological polar surface area (TPSA) is 72.9 Å². The molecule has 0 aliphatic heterocycles. The van der Waals surface area contributed by atoms with Crippen LogP contribution < -0.4 is 11.1 Å². The first-order valence-corrected chi connectivity index (χ1v) is 8.49. The van der Waals surface area contributed by atoms with E-state index in [9.17, 15) is 4.79 Å². The van der Waals surface area contributed by atoms with E-state index in [1.807, 2.05) is 39.0 Å². The van der Waals surface area contributed by atoms with Crippen LogP contribution in [-0.4, -0.2) is 22.0 Å². The number of amides is 1. The Labute approximate surface area is 138 Å². The Hall–Kier alpha value is -1.88. The van der Waals surface area contributed by atoms with Crippen molar-refractivity contribution in [2.75, 3.05) is 6.54 Å². The molecule has 1 amide bonds. The minimum absolute atomic E-state index is 0.0206. The molecule has 0 spiro atoms. The highest BCUT2D eigenvalue weighted by molar-refractivity contribution is 5.83. The molecular weight excluding hydrogens is 288 g/mol. The molecular formula is C18H28N4O. The molecule has 0 saturated carbocycles. The van der Waals surface area contributed by atoms with Gasteiger partial charge in [-0.25, -0.2) is 4.98 Å². The summed E-state index contributed by atoms with van der Waals surface area (Å²) in [4.78, 5) is 17.4. The second-order valence-electron chi connectivity index (χ2n) is 6.09. The predicted molar refractivity (Wildman–Crippen MR) is 94.0 cm³/mol. The quantitative estimate of drug-likeness (QED) is 0.824. The van der Waals surface area contributed by atoms with Gasteiger partial charge in [-0.05, 0) is 38.8 Å². The summed E-state index contributed by atoms with van der Waals surface area (Å²) >= 11 is 0. The third kappa shape index (κ3) is 3.11. The summed E-state index contributed by atoms with van der Waals surface area (Å²) in [5.74, 6) is 0.910. The summed E-state index contributed by atoms with van der Waals surface area (Å²) in [6.07, 6.45) is 1.48. The third-order valence-corrected chi connectivity index (χ3v) is 4.96. The zero-order valence-corrected chi connectivity index (χ0v) is 14.6. The van der Waals surface area contributed by atoms with Gasteiger partial charge in [0.25, 0.3) is 0 Å². The number of rotatable bonds is 7. The molecule has 23 heavy (non-hydrogen) atoms. The van der Waals surface area contributed by atoms with Gasteiger partial charge in [-0.3, -0.25) is 4.79 Å². The molecule has 1 heterocycles. The summed E-state index contributed by atoms with van der Waals surface area (Å²) in [6, 6.07) is 7.90. The average molecular weight is 316 g/mol. The fraction of sp³-hybridized carbons (Fsp3) is 0.556. The molecule has 0 aliphatic carbocycles. The first-order chi connectivity index (χ1) is 11.0. The molecule has 1 aromatic heterocycles. The van der Waals surface area contributed by atoms with Gasteiger partial charge >= 0.3 is 0 Å².